The highest BCUT2D eigenvalue weighted by atomic mass is 35.5. The van der Waals surface area contributed by atoms with Gasteiger partial charge < -0.3 is 15.9 Å². The molecule has 4 N–H and O–H groups in total. The number of halogens is 1. The lowest BCUT2D eigenvalue weighted by Crippen LogP contribution is -2.25. The normalized spacial score (nSPS) is 17.8. The van der Waals surface area contributed by atoms with Crippen molar-refractivity contribution in [2.75, 3.05) is 0 Å². The van der Waals surface area contributed by atoms with E-state index in [0.29, 0.717) is 22.7 Å². The minimum atomic E-state index is -0.200. The zero-order valence-corrected chi connectivity index (χ0v) is 12.1. The second kappa shape index (κ2) is 7.08. The van der Waals surface area contributed by atoms with Gasteiger partial charge in [-0.2, -0.15) is 0 Å². The molecule has 0 aromatic carbocycles. The van der Waals surface area contributed by atoms with Gasteiger partial charge in [0.2, 0.25) is 0 Å². The summed E-state index contributed by atoms with van der Waals surface area (Å²) in [6, 6.07) is -0.200. The average molecular weight is 287 g/mol. The summed E-state index contributed by atoms with van der Waals surface area (Å²) in [4.78, 5) is 4.07. The molecule has 1 atom stereocenters. The number of rotatable bonds is 3. The van der Waals surface area contributed by atoms with Crippen molar-refractivity contribution >= 4 is 12.4 Å². The van der Waals surface area contributed by atoms with E-state index in [9.17, 15) is 10.2 Å². The average Bonchev–Trinajstić information content (AvgIpc) is 2.42. The van der Waals surface area contributed by atoms with Gasteiger partial charge in [0.1, 0.15) is 5.75 Å². The molecule has 0 spiro atoms. The summed E-state index contributed by atoms with van der Waals surface area (Å²) in [6.45, 7) is 1.63. The van der Waals surface area contributed by atoms with Crippen molar-refractivity contribution in [1.82, 2.24) is 4.98 Å². The van der Waals surface area contributed by atoms with Crippen LogP contribution in [0.2, 0.25) is 0 Å². The smallest absolute Gasteiger partial charge is 0.141 e. The quantitative estimate of drug-likeness (QED) is 0.798. The van der Waals surface area contributed by atoms with E-state index in [0.717, 1.165) is 12.8 Å². The first-order chi connectivity index (χ1) is 8.65. The first-order valence-electron chi connectivity index (χ1n) is 6.69. The molecule has 1 aromatic heterocycles. The highest BCUT2D eigenvalue weighted by Gasteiger charge is 2.26. The maximum absolute atomic E-state index is 10.2. The van der Waals surface area contributed by atoms with Crippen LogP contribution in [0, 0.1) is 12.8 Å². The first-order valence-corrected chi connectivity index (χ1v) is 6.69. The Labute approximate surface area is 120 Å². The van der Waals surface area contributed by atoms with Crippen molar-refractivity contribution < 1.29 is 10.2 Å². The van der Waals surface area contributed by atoms with Crippen molar-refractivity contribution in [3.8, 4) is 5.75 Å². The molecule has 1 aliphatic carbocycles. The number of nitrogens with two attached hydrogens (primary N) is 1. The van der Waals surface area contributed by atoms with E-state index in [1.807, 2.05) is 0 Å². The summed E-state index contributed by atoms with van der Waals surface area (Å²) in [5.74, 6) is 0.552. The lowest BCUT2D eigenvalue weighted by atomic mass is 9.80. The SMILES string of the molecule is Cc1ncc(CO)c([C@H](N)C2CCCCC2)c1O.Cl. The highest BCUT2D eigenvalue weighted by molar-refractivity contribution is 5.85. The first kappa shape index (κ1) is 16.2. The van der Waals surface area contributed by atoms with Crippen LogP contribution in [-0.2, 0) is 6.61 Å². The summed E-state index contributed by atoms with van der Waals surface area (Å²) in [6.07, 6.45) is 7.51. The topological polar surface area (TPSA) is 79.4 Å². The molecular formula is C14H23ClN2O2. The van der Waals surface area contributed by atoms with E-state index in [1.165, 1.54) is 19.3 Å². The standard InChI is InChI=1S/C14H22N2O2.ClH/c1-9-14(18)12(11(8-17)7-16-9)13(15)10-5-3-2-4-6-10;/h7,10,13,17-18H,2-6,8,15H2,1H3;1H/t13-;/m1./s1. The van der Waals surface area contributed by atoms with E-state index in [1.54, 1.807) is 13.1 Å². The van der Waals surface area contributed by atoms with Crippen LogP contribution in [0.4, 0.5) is 0 Å². The molecule has 5 heteroatoms. The Morgan fingerprint density at radius 3 is 2.58 bits per heavy atom. The number of hydrogen-bond acceptors (Lipinski definition) is 4. The molecule has 0 bridgehead atoms. The molecule has 1 aliphatic rings. The monoisotopic (exact) mass is 286 g/mol. The Morgan fingerprint density at radius 2 is 2.00 bits per heavy atom. The van der Waals surface area contributed by atoms with E-state index in [-0.39, 0.29) is 30.8 Å². The second-order valence-corrected chi connectivity index (χ2v) is 5.21. The van der Waals surface area contributed by atoms with Crippen molar-refractivity contribution in [3.63, 3.8) is 0 Å². The van der Waals surface area contributed by atoms with Gasteiger partial charge >= 0.3 is 0 Å². The van der Waals surface area contributed by atoms with Crippen LogP contribution >= 0.6 is 12.4 Å². The molecule has 1 heterocycles. The van der Waals surface area contributed by atoms with Gasteiger partial charge in [-0.1, -0.05) is 19.3 Å². The maximum atomic E-state index is 10.2. The van der Waals surface area contributed by atoms with Crippen LogP contribution in [0.5, 0.6) is 5.75 Å². The van der Waals surface area contributed by atoms with Crippen molar-refractivity contribution in [1.29, 1.82) is 0 Å². The predicted octanol–water partition coefficient (Wildman–Crippen LogP) is 2.59. The van der Waals surface area contributed by atoms with Crippen molar-refractivity contribution in [2.45, 2.75) is 51.7 Å². The van der Waals surface area contributed by atoms with Crippen LogP contribution in [0.3, 0.4) is 0 Å². The number of pyridine rings is 1. The van der Waals surface area contributed by atoms with Gasteiger partial charge in [-0.15, -0.1) is 12.4 Å². The van der Waals surface area contributed by atoms with Crippen molar-refractivity contribution in [3.05, 3.63) is 23.0 Å². The van der Waals surface area contributed by atoms with Crippen LogP contribution in [0.25, 0.3) is 0 Å². The number of aryl methyl sites for hydroxylation is 1. The molecule has 1 aromatic rings. The Bertz CT molecular complexity index is 420. The van der Waals surface area contributed by atoms with Crippen LogP contribution < -0.4 is 5.73 Å². The molecule has 0 unspecified atom stereocenters. The Kier molecular flexibility index (Phi) is 6.04. The zero-order chi connectivity index (χ0) is 13.1. The Balaban J connectivity index is 0.00000180. The molecule has 2 rings (SSSR count). The molecule has 4 nitrogen and oxygen atoms in total. The number of aromatic nitrogens is 1. The number of aliphatic hydroxyl groups is 1. The fraction of sp³-hybridized carbons (Fsp3) is 0.643. The molecule has 1 fully saturated rings. The maximum Gasteiger partial charge on any atom is 0.141 e. The van der Waals surface area contributed by atoms with Crippen LogP contribution in [0.1, 0.15) is 55.0 Å². The number of aliphatic hydroxyl groups excluding tert-OH is 1. The summed E-state index contributed by atoms with van der Waals surface area (Å²) >= 11 is 0. The van der Waals surface area contributed by atoms with Gasteiger partial charge in [-0.25, -0.2) is 0 Å². The lowest BCUT2D eigenvalue weighted by Gasteiger charge is -2.29. The largest absolute Gasteiger partial charge is 0.506 e. The third-order valence-corrected chi connectivity index (χ3v) is 4.02. The molecule has 0 saturated heterocycles. The molecule has 0 aliphatic heterocycles. The highest BCUT2D eigenvalue weighted by Crippen LogP contribution is 2.38. The fourth-order valence-electron chi connectivity index (χ4n) is 2.88. The molecule has 1 saturated carbocycles. The predicted molar refractivity (Wildman–Crippen MR) is 77.3 cm³/mol. The van der Waals surface area contributed by atoms with E-state index in [2.05, 4.69) is 4.98 Å². The molecule has 0 radical (unpaired) electrons. The van der Waals surface area contributed by atoms with Crippen LogP contribution in [0.15, 0.2) is 6.20 Å². The summed E-state index contributed by atoms with van der Waals surface area (Å²) in [5.41, 5.74) is 8.24. The lowest BCUT2D eigenvalue weighted by molar-refractivity contribution is 0.268. The Hall–Kier alpha value is -0.840. The number of nitrogens with zero attached hydrogens (tertiary/aromatic N) is 1. The minimum Gasteiger partial charge on any atom is -0.506 e. The fourth-order valence-corrected chi connectivity index (χ4v) is 2.88. The van der Waals surface area contributed by atoms with Gasteiger partial charge in [0.05, 0.1) is 12.3 Å². The van der Waals surface area contributed by atoms with E-state index in [4.69, 9.17) is 5.73 Å². The minimum absolute atomic E-state index is 0. The Morgan fingerprint density at radius 1 is 1.37 bits per heavy atom. The second-order valence-electron chi connectivity index (χ2n) is 5.21. The third kappa shape index (κ3) is 3.38. The number of hydrogen-bond donors (Lipinski definition) is 3. The summed E-state index contributed by atoms with van der Waals surface area (Å²) in [5, 5.41) is 19.5. The molecule has 0 amide bonds. The van der Waals surface area contributed by atoms with E-state index >= 15 is 0 Å². The zero-order valence-electron chi connectivity index (χ0n) is 11.3. The van der Waals surface area contributed by atoms with E-state index < -0.39 is 0 Å². The van der Waals surface area contributed by atoms with Gasteiger partial charge in [-0.3, -0.25) is 4.98 Å². The van der Waals surface area contributed by atoms with Gasteiger partial charge in [0, 0.05) is 23.4 Å². The third-order valence-electron chi connectivity index (χ3n) is 4.02. The molecule has 108 valence electrons. The number of aromatic hydroxyl groups is 1. The van der Waals surface area contributed by atoms with Crippen LogP contribution in [-0.4, -0.2) is 15.2 Å². The summed E-state index contributed by atoms with van der Waals surface area (Å²) < 4.78 is 0. The van der Waals surface area contributed by atoms with Gasteiger partial charge in [-0.05, 0) is 25.7 Å². The van der Waals surface area contributed by atoms with Gasteiger partial charge in [0.15, 0.2) is 0 Å². The molecule has 19 heavy (non-hydrogen) atoms. The summed E-state index contributed by atoms with van der Waals surface area (Å²) in [7, 11) is 0. The van der Waals surface area contributed by atoms with Crippen molar-refractivity contribution in [2.24, 2.45) is 11.7 Å². The van der Waals surface area contributed by atoms with Gasteiger partial charge in [0.25, 0.3) is 0 Å². The molecular weight excluding hydrogens is 264 g/mol.